The zero-order valence-electron chi connectivity index (χ0n) is 12.8. The van der Waals surface area contributed by atoms with Gasteiger partial charge in [0.05, 0.1) is 20.8 Å². The van der Waals surface area contributed by atoms with Crippen LogP contribution in [0.25, 0.3) is 10.2 Å². The number of benzene rings is 1. The van der Waals surface area contributed by atoms with E-state index in [9.17, 15) is 18.0 Å². The number of likely N-dealkylation sites (N-methyl/N-ethyl adjacent to an activating group) is 1. The van der Waals surface area contributed by atoms with Crippen LogP contribution in [0, 0.1) is 0 Å². The van der Waals surface area contributed by atoms with Crippen LogP contribution >= 0.6 is 11.3 Å². The third kappa shape index (κ3) is 4.90. The molecule has 0 spiro atoms. The Kier molecular flexibility index (Phi) is 5.59. The summed E-state index contributed by atoms with van der Waals surface area (Å²) in [5, 5.41) is 6.47. The second kappa shape index (κ2) is 7.27. The van der Waals surface area contributed by atoms with Crippen molar-refractivity contribution in [2.24, 2.45) is 0 Å². The van der Waals surface area contributed by atoms with Crippen LogP contribution in [-0.2, 0) is 17.4 Å². The number of hydrogen-bond acceptors (Lipinski definition) is 4. The number of nitrogens with one attached hydrogen (secondary N) is 2. The largest absolute Gasteiger partial charge is 0.416 e. The minimum atomic E-state index is -4.37. The van der Waals surface area contributed by atoms with E-state index in [4.69, 9.17) is 0 Å². The molecule has 0 saturated carbocycles. The van der Waals surface area contributed by atoms with Gasteiger partial charge in [0.2, 0.25) is 5.91 Å². The quantitative estimate of drug-likeness (QED) is 0.846. The van der Waals surface area contributed by atoms with Crippen molar-refractivity contribution in [1.82, 2.24) is 15.6 Å². The molecule has 0 radical (unpaired) electrons. The number of carbonyl (C=O) groups excluding carboxylic acids is 1. The lowest BCUT2D eigenvalue weighted by Crippen LogP contribution is -2.37. The predicted octanol–water partition coefficient (Wildman–Crippen LogP) is 2.97. The van der Waals surface area contributed by atoms with Crippen molar-refractivity contribution in [3.8, 4) is 0 Å². The average molecular weight is 345 g/mol. The molecule has 2 rings (SSSR count). The summed E-state index contributed by atoms with van der Waals surface area (Å²) in [7, 11) is 1.81. The third-order valence-electron chi connectivity index (χ3n) is 3.42. The van der Waals surface area contributed by atoms with E-state index in [1.54, 1.807) is 0 Å². The molecule has 1 aromatic carbocycles. The first-order chi connectivity index (χ1) is 10.8. The van der Waals surface area contributed by atoms with Crippen LogP contribution in [0.4, 0.5) is 13.2 Å². The molecule has 0 fully saturated rings. The Morgan fingerprint density at radius 1 is 1.39 bits per heavy atom. The first-order valence-corrected chi connectivity index (χ1v) is 8.02. The van der Waals surface area contributed by atoms with Gasteiger partial charge in [0.25, 0.3) is 0 Å². The molecule has 23 heavy (non-hydrogen) atoms. The van der Waals surface area contributed by atoms with Crippen molar-refractivity contribution in [1.29, 1.82) is 0 Å². The number of carbonyl (C=O) groups is 1. The zero-order valence-corrected chi connectivity index (χ0v) is 13.6. The van der Waals surface area contributed by atoms with E-state index in [2.05, 4.69) is 15.6 Å². The molecule has 1 amide bonds. The fourth-order valence-corrected chi connectivity index (χ4v) is 2.88. The number of rotatable bonds is 6. The van der Waals surface area contributed by atoms with Gasteiger partial charge in [-0.05, 0) is 32.2 Å². The van der Waals surface area contributed by atoms with E-state index in [1.807, 2.05) is 14.0 Å². The lowest BCUT2D eigenvalue weighted by molar-refractivity contribution is -0.137. The Morgan fingerprint density at radius 3 is 2.78 bits per heavy atom. The summed E-state index contributed by atoms with van der Waals surface area (Å²) in [5.41, 5.74) is -0.385. The first kappa shape index (κ1) is 17.7. The fourth-order valence-electron chi connectivity index (χ4n) is 1.94. The zero-order chi connectivity index (χ0) is 17.0. The van der Waals surface area contributed by atoms with Crippen molar-refractivity contribution >= 4 is 27.5 Å². The summed E-state index contributed by atoms with van der Waals surface area (Å²) in [4.78, 5) is 15.9. The minimum Gasteiger partial charge on any atom is -0.355 e. The summed E-state index contributed by atoms with van der Waals surface area (Å²) in [5.74, 6) is -0.0951. The first-order valence-electron chi connectivity index (χ1n) is 7.20. The maximum Gasteiger partial charge on any atom is 0.416 e. The minimum absolute atomic E-state index is 0.0951. The van der Waals surface area contributed by atoms with Gasteiger partial charge in [-0.1, -0.05) is 0 Å². The van der Waals surface area contributed by atoms with Crippen LogP contribution in [0.5, 0.6) is 0 Å². The highest BCUT2D eigenvalue weighted by Gasteiger charge is 2.30. The van der Waals surface area contributed by atoms with E-state index in [-0.39, 0.29) is 18.4 Å². The van der Waals surface area contributed by atoms with Gasteiger partial charge in [-0.25, -0.2) is 4.98 Å². The molecule has 0 aliphatic heterocycles. The molecule has 126 valence electrons. The molecule has 1 atom stereocenters. The van der Waals surface area contributed by atoms with E-state index in [0.717, 1.165) is 12.1 Å². The number of nitrogens with zero attached hydrogens (tertiary/aromatic N) is 1. The number of hydrogen-bond donors (Lipinski definition) is 2. The summed E-state index contributed by atoms with van der Waals surface area (Å²) < 4.78 is 38.7. The highest BCUT2D eigenvalue weighted by molar-refractivity contribution is 7.18. The second-order valence-electron chi connectivity index (χ2n) is 5.28. The number of thiazole rings is 1. The Bertz CT molecular complexity index is 684. The lowest BCUT2D eigenvalue weighted by atomic mass is 10.2. The van der Waals surface area contributed by atoms with Crippen LogP contribution in [0.15, 0.2) is 18.2 Å². The average Bonchev–Trinajstić information content (AvgIpc) is 2.91. The molecule has 0 saturated heterocycles. The third-order valence-corrected chi connectivity index (χ3v) is 4.52. The maximum atomic E-state index is 12.7. The molecule has 4 nitrogen and oxygen atoms in total. The number of aromatic nitrogens is 1. The summed E-state index contributed by atoms with van der Waals surface area (Å²) in [6.45, 7) is 2.48. The molecule has 2 aromatic rings. The van der Waals surface area contributed by atoms with Crippen LogP contribution in [0.2, 0.25) is 0 Å². The normalized spacial score (nSPS) is 13.3. The van der Waals surface area contributed by atoms with Crippen LogP contribution in [0.1, 0.15) is 23.9 Å². The van der Waals surface area contributed by atoms with E-state index >= 15 is 0 Å². The molecule has 8 heteroatoms. The van der Waals surface area contributed by atoms with Gasteiger partial charge in [-0.3, -0.25) is 4.79 Å². The van der Waals surface area contributed by atoms with Crippen molar-refractivity contribution < 1.29 is 18.0 Å². The maximum absolute atomic E-state index is 12.7. The highest BCUT2D eigenvalue weighted by Crippen LogP contribution is 2.33. The number of amides is 1. The van der Waals surface area contributed by atoms with E-state index in [1.165, 1.54) is 17.4 Å². The van der Waals surface area contributed by atoms with Gasteiger partial charge < -0.3 is 10.6 Å². The smallest absolute Gasteiger partial charge is 0.355 e. The fraction of sp³-hybridized carbons (Fsp3) is 0.467. The van der Waals surface area contributed by atoms with Gasteiger partial charge in [-0.2, -0.15) is 13.2 Å². The van der Waals surface area contributed by atoms with Crippen LogP contribution in [-0.4, -0.2) is 30.5 Å². The molecular formula is C15H18F3N3OS. The van der Waals surface area contributed by atoms with E-state index in [0.29, 0.717) is 28.2 Å². The highest BCUT2D eigenvalue weighted by atomic mass is 32.1. The van der Waals surface area contributed by atoms with Crippen molar-refractivity contribution in [2.45, 2.75) is 32.0 Å². The number of halogens is 3. The van der Waals surface area contributed by atoms with Crippen LogP contribution in [0.3, 0.4) is 0 Å². The van der Waals surface area contributed by atoms with E-state index < -0.39 is 11.7 Å². The molecule has 0 bridgehead atoms. The second-order valence-corrected chi connectivity index (χ2v) is 6.40. The van der Waals surface area contributed by atoms with Crippen molar-refractivity contribution in [3.63, 3.8) is 0 Å². The van der Waals surface area contributed by atoms with Gasteiger partial charge in [0, 0.05) is 25.4 Å². The summed E-state index contributed by atoms with van der Waals surface area (Å²) >= 11 is 1.32. The van der Waals surface area contributed by atoms with Gasteiger partial charge in [0.1, 0.15) is 0 Å². The molecule has 0 aliphatic rings. The SMILES string of the molecule is CNC(C)CNC(=O)CCc1nc2cc(C(F)(F)F)ccc2s1. The molecule has 1 heterocycles. The predicted molar refractivity (Wildman–Crippen MR) is 84.5 cm³/mol. The van der Waals surface area contributed by atoms with Crippen LogP contribution < -0.4 is 10.6 Å². The molecule has 1 aromatic heterocycles. The Morgan fingerprint density at radius 2 is 2.13 bits per heavy atom. The summed E-state index contributed by atoms with van der Waals surface area (Å²) in [6.07, 6.45) is -3.69. The Balaban J connectivity index is 1.97. The summed E-state index contributed by atoms with van der Waals surface area (Å²) in [6, 6.07) is 3.70. The standard InChI is InChI=1S/C15H18F3N3OS/c1-9(19-2)8-20-13(22)5-6-14-21-11-7-10(15(16,17)18)3-4-12(11)23-14/h3-4,7,9,19H,5-6,8H2,1-2H3,(H,20,22). The number of fused-ring (bicyclic) bond motifs is 1. The van der Waals surface area contributed by atoms with Crippen molar-refractivity contribution in [2.75, 3.05) is 13.6 Å². The Hall–Kier alpha value is -1.67. The van der Waals surface area contributed by atoms with Gasteiger partial charge in [0.15, 0.2) is 0 Å². The van der Waals surface area contributed by atoms with Gasteiger partial charge >= 0.3 is 6.18 Å². The number of alkyl halides is 3. The lowest BCUT2D eigenvalue weighted by Gasteiger charge is -2.10. The Labute approximate surface area is 136 Å². The van der Waals surface area contributed by atoms with Gasteiger partial charge in [-0.15, -0.1) is 11.3 Å². The molecule has 0 aliphatic carbocycles. The molecular weight excluding hydrogens is 327 g/mol. The molecule has 1 unspecified atom stereocenters. The topological polar surface area (TPSA) is 54.0 Å². The number of aryl methyl sites for hydroxylation is 1. The molecule has 2 N–H and O–H groups in total. The monoisotopic (exact) mass is 345 g/mol. The van der Waals surface area contributed by atoms with Crippen molar-refractivity contribution in [3.05, 3.63) is 28.8 Å².